The molecule has 0 aliphatic rings. The lowest BCUT2D eigenvalue weighted by Crippen LogP contribution is -2.30. The molecule has 34 heavy (non-hydrogen) atoms. The summed E-state index contributed by atoms with van der Waals surface area (Å²) < 4.78 is 30.1. The largest absolute Gasteiger partial charge is 0.326 e. The predicted octanol–water partition coefficient (Wildman–Crippen LogP) is 5.57. The second-order valence-electron chi connectivity index (χ2n) is 7.21. The molecule has 0 radical (unpaired) electrons. The van der Waals surface area contributed by atoms with Crippen LogP contribution in [0, 0.1) is 6.92 Å². The van der Waals surface area contributed by atoms with Crippen molar-refractivity contribution in [2.45, 2.75) is 29.7 Å². The molecule has 3 rings (SSSR count). The number of nitrogens with zero attached hydrogens (tertiary/aromatic N) is 2. The van der Waals surface area contributed by atoms with Gasteiger partial charge in [0.1, 0.15) is 4.21 Å². The number of hydrogen-bond donors (Lipinski definition) is 1. The Balaban J connectivity index is 1.86. The van der Waals surface area contributed by atoms with Crippen LogP contribution < -0.4 is 10.2 Å². The maximum atomic E-state index is 12.9. The summed E-state index contributed by atoms with van der Waals surface area (Å²) in [6.07, 6.45) is 0.572. The fourth-order valence-corrected chi connectivity index (χ4v) is 6.57. The molecule has 178 valence electrons. The number of hydrogen-bond acceptors (Lipinski definition) is 6. The van der Waals surface area contributed by atoms with Crippen molar-refractivity contribution in [3.05, 3.63) is 76.6 Å². The maximum absolute atomic E-state index is 12.9. The molecule has 2 aromatic carbocycles. The third-order valence-electron chi connectivity index (χ3n) is 4.55. The molecule has 0 aliphatic heterocycles. The molecule has 11 heteroatoms. The van der Waals surface area contributed by atoms with Gasteiger partial charge >= 0.3 is 0 Å². The fourth-order valence-electron chi connectivity index (χ4n) is 2.91. The number of amides is 2. The van der Waals surface area contributed by atoms with Crippen LogP contribution in [0.5, 0.6) is 0 Å². The van der Waals surface area contributed by atoms with Gasteiger partial charge in [-0.05, 0) is 42.8 Å². The Morgan fingerprint density at radius 2 is 1.82 bits per heavy atom. The molecular formula is C23H22ClN3O4S3. The van der Waals surface area contributed by atoms with Crippen LogP contribution in [0.15, 0.2) is 75.3 Å². The third-order valence-corrected chi connectivity index (χ3v) is 8.69. The number of sulfonamides is 1. The standard InChI is InChI=1S/C23H22ClN3O4S3/c1-16-8-6-7-11-19(16)25-21(29)14-17(2)32-23(27(15-28)18-9-4-3-5-10-18)26-34(30,31)22-13-12-20(24)33-22/h3-13,15,17H,14H2,1-2H3,(H,25,29)/t17-/m1/s1. The normalized spacial score (nSPS) is 12.7. The lowest BCUT2D eigenvalue weighted by atomic mass is 10.2. The first-order valence-electron chi connectivity index (χ1n) is 10.1. The topological polar surface area (TPSA) is 95.9 Å². The number of thioether (sulfide) groups is 1. The van der Waals surface area contributed by atoms with E-state index >= 15 is 0 Å². The molecule has 2 amide bonds. The minimum atomic E-state index is -4.13. The van der Waals surface area contributed by atoms with Crippen molar-refractivity contribution in [2.24, 2.45) is 4.40 Å². The Labute approximate surface area is 211 Å². The summed E-state index contributed by atoms with van der Waals surface area (Å²) in [5, 5.41) is 2.40. The van der Waals surface area contributed by atoms with Gasteiger partial charge < -0.3 is 5.32 Å². The fraction of sp³-hybridized carbons (Fsp3) is 0.174. The minimum Gasteiger partial charge on any atom is -0.326 e. The van der Waals surface area contributed by atoms with Crippen LogP contribution in [0.1, 0.15) is 18.9 Å². The van der Waals surface area contributed by atoms with Crippen LogP contribution >= 0.6 is 34.7 Å². The van der Waals surface area contributed by atoms with Gasteiger partial charge in [-0.1, -0.05) is 66.7 Å². The first kappa shape index (κ1) is 26.0. The molecule has 1 heterocycles. The molecule has 0 unspecified atom stereocenters. The van der Waals surface area contributed by atoms with Crippen molar-refractivity contribution in [1.29, 1.82) is 0 Å². The first-order chi connectivity index (χ1) is 16.2. The Morgan fingerprint density at radius 1 is 1.15 bits per heavy atom. The summed E-state index contributed by atoms with van der Waals surface area (Å²) in [6.45, 7) is 3.66. The number of amidine groups is 1. The van der Waals surface area contributed by atoms with Crippen LogP contribution in [0.25, 0.3) is 0 Å². The van der Waals surface area contributed by atoms with E-state index in [1.165, 1.54) is 12.1 Å². The molecule has 1 atom stereocenters. The van der Waals surface area contributed by atoms with E-state index in [0.29, 0.717) is 22.1 Å². The van der Waals surface area contributed by atoms with Gasteiger partial charge in [0.2, 0.25) is 12.3 Å². The first-order valence-corrected chi connectivity index (χ1v) is 13.6. The second-order valence-corrected chi connectivity index (χ2v) is 12.2. The van der Waals surface area contributed by atoms with Gasteiger partial charge in [-0.25, -0.2) is 0 Å². The Hall–Kier alpha value is -2.66. The van der Waals surface area contributed by atoms with Crippen molar-refractivity contribution in [1.82, 2.24) is 0 Å². The van der Waals surface area contributed by atoms with E-state index in [-0.39, 0.29) is 21.7 Å². The van der Waals surface area contributed by atoms with Gasteiger partial charge in [0.05, 0.1) is 10.0 Å². The zero-order chi connectivity index (χ0) is 24.7. The van der Waals surface area contributed by atoms with E-state index in [2.05, 4.69) is 9.71 Å². The molecule has 1 aromatic heterocycles. The quantitative estimate of drug-likeness (QED) is 0.231. The zero-order valence-electron chi connectivity index (χ0n) is 18.3. The molecule has 0 saturated heterocycles. The average molecular weight is 536 g/mol. The molecule has 0 saturated carbocycles. The van der Waals surface area contributed by atoms with Crippen LogP contribution in [0.4, 0.5) is 11.4 Å². The highest BCUT2D eigenvalue weighted by molar-refractivity contribution is 8.15. The predicted molar refractivity (Wildman–Crippen MR) is 140 cm³/mol. The molecule has 0 bridgehead atoms. The molecule has 0 aliphatic carbocycles. The molecule has 7 nitrogen and oxygen atoms in total. The van der Waals surface area contributed by atoms with E-state index in [9.17, 15) is 18.0 Å². The minimum absolute atomic E-state index is 0.0422. The van der Waals surface area contributed by atoms with Crippen molar-refractivity contribution < 1.29 is 18.0 Å². The SMILES string of the molecule is Cc1ccccc1NC(=O)C[C@@H](C)SC(=NS(=O)(=O)c1ccc(Cl)s1)N(C=O)c1ccccc1. The number of halogens is 1. The van der Waals surface area contributed by atoms with Crippen LogP contribution in [0.2, 0.25) is 4.34 Å². The van der Waals surface area contributed by atoms with E-state index < -0.39 is 15.3 Å². The van der Waals surface area contributed by atoms with Gasteiger partial charge in [0.25, 0.3) is 10.0 Å². The number of benzene rings is 2. The smallest absolute Gasteiger partial charge is 0.294 e. The maximum Gasteiger partial charge on any atom is 0.294 e. The number of thiophene rings is 1. The molecular weight excluding hydrogens is 514 g/mol. The second kappa shape index (κ2) is 11.7. The number of carbonyl (C=O) groups is 2. The van der Waals surface area contributed by atoms with E-state index in [0.717, 1.165) is 33.6 Å². The number of anilines is 2. The van der Waals surface area contributed by atoms with Gasteiger partial charge in [0, 0.05) is 17.4 Å². The van der Waals surface area contributed by atoms with Gasteiger partial charge in [-0.15, -0.1) is 15.7 Å². The highest BCUT2D eigenvalue weighted by Crippen LogP contribution is 2.30. The van der Waals surface area contributed by atoms with Crippen molar-refractivity contribution in [2.75, 3.05) is 10.2 Å². The summed E-state index contributed by atoms with van der Waals surface area (Å²) in [5.74, 6) is -0.237. The number of para-hydroxylation sites is 2. The summed E-state index contributed by atoms with van der Waals surface area (Å²) in [7, 11) is -4.13. The summed E-state index contributed by atoms with van der Waals surface area (Å²) in [4.78, 5) is 25.7. The monoisotopic (exact) mass is 535 g/mol. The van der Waals surface area contributed by atoms with Crippen LogP contribution in [0.3, 0.4) is 0 Å². The zero-order valence-corrected chi connectivity index (χ0v) is 21.5. The van der Waals surface area contributed by atoms with E-state index in [4.69, 9.17) is 11.6 Å². The lowest BCUT2D eigenvalue weighted by molar-refractivity contribution is -0.116. The lowest BCUT2D eigenvalue weighted by Gasteiger charge is -2.21. The van der Waals surface area contributed by atoms with Crippen molar-refractivity contribution in [3.63, 3.8) is 0 Å². The van der Waals surface area contributed by atoms with Crippen molar-refractivity contribution in [3.8, 4) is 0 Å². The van der Waals surface area contributed by atoms with E-state index in [1.54, 1.807) is 43.3 Å². The van der Waals surface area contributed by atoms with Gasteiger partial charge in [-0.3, -0.25) is 14.5 Å². The molecule has 1 N–H and O–H groups in total. The van der Waals surface area contributed by atoms with E-state index in [1.807, 2.05) is 25.1 Å². The molecule has 0 spiro atoms. The number of aryl methyl sites for hydroxylation is 1. The Kier molecular flexibility index (Phi) is 8.90. The number of carbonyl (C=O) groups excluding carboxylic acids is 2. The van der Waals surface area contributed by atoms with Gasteiger partial charge in [0.15, 0.2) is 5.17 Å². The number of rotatable bonds is 8. The summed E-state index contributed by atoms with van der Waals surface area (Å²) >= 11 is 7.79. The number of nitrogens with one attached hydrogen (secondary N) is 1. The Bertz CT molecular complexity index is 1290. The summed E-state index contributed by atoms with van der Waals surface area (Å²) in [6, 6.07) is 18.8. The Morgan fingerprint density at radius 3 is 2.44 bits per heavy atom. The van der Waals surface area contributed by atoms with Crippen LogP contribution in [-0.4, -0.2) is 31.2 Å². The third kappa shape index (κ3) is 6.92. The van der Waals surface area contributed by atoms with Gasteiger partial charge in [-0.2, -0.15) is 8.42 Å². The van der Waals surface area contributed by atoms with Crippen molar-refractivity contribution >= 4 is 73.6 Å². The van der Waals surface area contributed by atoms with Crippen LogP contribution in [-0.2, 0) is 19.6 Å². The summed E-state index contributed by atoms with van der Waals surface area (Å²) in [5.41, 5.74) is 2.07. The molecule has 3 aromatic rings. The highest BCUT2D eigenvalue weighted by Gasteiger charge is 2.24. The molecule has 0 fully saturated rings. The average Bonchev–Trinajstić information content (AvgIpc) is 3.23. The highest BCUT2D eigenvalue weighted by atomic mass is 35.5.